The summed E-state index contributed by atoms with van der Waals surface area (Å²) in [4.78, 5) is 24.5. The van der Waals surface area contributed by atoms with Crippen LogP contribution in [0.4, 0.5) is 13.2 Å². The van der Waals surface area contributed by atoms with Crippen molar-refractivity contribution in [2.24, 2.45) is 23.2 Å². The Balaban J connectivity index is 1.77. The minimum atomic E-state index is -4.94. The zero-order chi connectivity index (χ0) is 17.0. The van der Waals surface area contributed by atoms with Crippen LogP contribution < -0.4 is 0 Å². The summed E-state index contributed by atoms with van der Waals surface area (Å²) in [5, 5.41) is 0. The van der Waals surface area contributed by atoms with E-state index in [0.29, 0.717) is 19.3 Å². The number of ketones is 1. The van der Waals surface area contributed by atoms with Gasteiger partial charge in [-0.1, -0.05) is 11.1 Å². The van der Waals surface area contributed by atoms with Crippen molar-refractivity contribution in [3.8, 4) is 0 Å². The summed E-state index contributed by atoms with van der Waals surface area (Å²) < 4.78 is 64.4. The maximum atomic E-state index is 12.9. The van der Waals surface area contributed by atoms with E-state index in [1.54, 1.807) is 0 Å². The lowest BCUT2D eigenvalue weighted by Crippen LogP contribution is -2.56. The van der Waals surface area contributed by atoms with Crippen molar-refractivity contribution in [3.05, 3.63) is 0 Å². The molecule has 0 amide bonds. The second-order valence-corrected chi connectivity index (χ2v) is 7.87. The first-order valence-electron chi connectivity index (χ1n) is 7.48. The van der Waals surface area contributed by atoms with Gasteiger partial charge in [0.1, 0.15) is 5.78 Å². The van der Waals surface area contributed by atoms with Gasteiger partial charge in [0.2, 0.25) is 6.10 Å². The molecule has 4 atom stereocenters. The fourth-order valence-corrected chi connectivity index (χ4v) is 5.07. The number of hydrogen-bond donors (Lipinski definition) is 0. The number of rotatable bonds is 4. The van der Waals surface area contributed by atoms with Crippen LogP contribution in [0.5, 0.6) is 0 Å². The van der Waals surface area contributed by atoms with Gasteiger partial charge >= 0.3 is 12.1 Å². The van der Waals surface area contributed by atoms with Crippen LogP contribution in [0.25, 0.3) is 0 Å². The Morgan fingerprint density at radius 1 is 1.30 bits per heavy atom. The standard InChI is InChI=1S/C14H17F3O5S/c15-14(16,17)10(6-23(20)21)22-12(19)13-3-7-1-8(4-13)11(18)9(2-7)5-13/h7-10H,1-6H2,(H,20,21)/p-1. The summed E-state index contributed by atoms with van der Waals surface area (Å²) in [5.41, 5.74) is -1.06. The zero-order valence-electron chi connectivity index (χ0n) is 12.1. The van der Waals surface area contributed by atoms with Gasteiger partial charge in [0.05, 0.1) is 11.2 Å². The number of alkyl halides is 3. The van der Waals surface area contributed by atoms with Crippen molar-refractivity contribution in [2.75, 3.05) is 5.75 Å². The summed E-state index contributed by atoms with van der Waals surface area (Å²) in [5.74, 6) is -2.58. The van der Waals surface area contributed by atoms with E-state index in [0.717, 1.165) is 0 Å². The first kappa shape index (κ1) is 16.9. The predicted octanol–water partition coefficient (Wildman–Crippen LogP) is 1.74. The SMILES string of the molecule is O=C1C2CC3CC1CC(C(=O)OC(CS(=O)[O-])C(F)(F)F)(C3)C2. The molecule has 130 valence electrons. The average Bonchev–Trinajstić information content (AvgIpc) is 2.41. The Labute approximate surface area is 133 Å². The number of Topliss-reactive ketones (excluding diaryl/α,β-unsaturated/α-hetero) is 1. The number of carbonyl (C=O) groups excluding carboxylic acids is 2. The monoisotopic (exact) mass is 353 g/mol. The molecule has 4 fully saturated rings. The minimum Gasteiger partial charge on any atom is -0.772 e. The molecule has 0 N–H and O–H groups in total. The Morgan fingerprint density at radius 3 is 2.35 bits per heavy atom. The van der Waals surface area contributed by atoms with E-state index in [1.807, 2.05) is 0 Å². The van der Waals surface area contributed by atoms with Gasteiger partial charge in [0.25, 0.3) is 0 Å². The second kappa shape index (κ2) is 5.54. The minimum absolute atomic E-state index is 0.109. The molecular weight excluding hydrogens is 337 g/mol. The number of carbonyl (C=O) groups is 2. The molecule has 0 aromatic carbocycles. The van der Waals surface area contributed by atoms with Gasteiger partial charge in [-0.15, -0.1) is 0 Å². The Bertz CT molecular complexity index is 543. The average molecular weight is 353 g/mol. The summed E-state index contributed by atoms with van der Waals surface area (Å²) in [6.07, 6.45) is -5.33. The maximum absolute atomic E-state index is 12.9. The smallest absolute Gasteiger partial charge is 0.426 e. The lowest BCUT2D eigenvalue weighted by Gasteiger charge is -2.54. The lowest BCUT2D eigenvalue weighted by atomic mass is 9.49. The largest absolute Gasteiger partial charge is 0.772 e. The Morgan fingerprint density at radius 2 is 1.87 bits per heavy atom. The molecule has 4 unspecified atom stereocenters. The molecule has 9 heteroatoms. The molecule has 0 aromatic rings. The van der Waals surface area contributed by atoms with Gasteiger partial charge in [-0.3, -0.25) is 13.8 Å². The third kappa shape index (κ3) is 3.05. The van der Waals surface area contributed by atoms with Crippen LogP contribution in [0.3, 0.4) is 0 Å². The summed E-state index contributed by atoms with van der Waals surface area (Å²) in [6, 6.07) is 0. The quantitative estimate of drug-likeness (QED) is 0.568. The fraction of sp³-hybridized carbons (Fsp3) is 0.857. The first-order valence-corrected chi connectivity index (χ1v) is 8.72. The molecule has 0 aliphatic heterocycles. The van der Waals surface area contributed by atoms with Crippen molar-refractivity contribution >= 4 is 22.8 Å². The van der Waals surface area contributed by atoms with Crippen molar-refractivity contribution in [2.45, 2.75) is 44.4 Å². The molecule has 4 saturated carbocycles. The predicted molar refractivity (Wildman–Crippen MR) is 70.7 cm³/mol. The highest BCUT2D eigenvalue weighted by Gasteiger charge is 2.60. The Hall–Kier alpha value is -0.960. The number of esters is 1. The number of halogens is 3. The molecule has 5 nitrogen and oxygen atoms in total. The Kier molecular flexibility index (Phi) is 4.07. The van der Waals surface area contributed by atoms with Gasteiger partial charge in [-0.25, -0.2) is 0 Å². The molecule has 0 spiro atoms. The molecule has 4 rings (SSSR count). The second-order valence-electron chi connectivity index (χ2n) is 6.93. The van der Waals surface area contributed by atoms with Crippen LogP contribution in [0, 0.1) is 23.2 Å². The molecule has 0 saturated heterocycles. The van der Waals surface area contributed by atoms with Gasteiger partial charge < -0.3 is 9.29 Å². The van der Waals surface area contributed by atoms with Crippen LogP contribution in [0.15, 0.2) is 0 Å². The zero-order valence-corrected chi connectivity index (χ0v) is 13.0. The van der Waals surface area contributed by atoms with E-state index < -0.39 is 40.5 Å². The van der Waals surface area contributed by atoms with Crippen molar-refractivity contribution in [1.29, 1.82) is 0 Å². The maximum Gasteiger partial charge on any atom is 0.426 e. The van der Waals surface area contributed by atoms with Gasteiger partial charge in [-0.05, 0) is 38.0 Å². The summed E-state index contributed by atoms with van der Waals surface area (Å²) in [7, 11) is 0. The van der Waals surface area contributed by atoms with Gasteiger partial charge in [0.15, 0.2) is 0 Å². The van der Waals surface area contributed by atoms with Crippen molar-refractivity contribution < 1.29 is 36.3 Å². The molecule has 0 heterocycles. The van der Waals surface area contributed by atoms with E-state index in [2.05, 4.69) is 4.74 Å². The van der Waals surface area contributed by atoms with E-state index in [1.165, 1.54) is 0 Å². The highest BCUT2D eigenvalue weighted by molar-refractivity contribution is 7.79. The molecule has 23 heavy (non-hydrogen) atoms. The number of hydrogen-bond acceptors (Lipinski definition) is 5. The van der Waals surface area contributed by atoms with Crippen LogP contribution >= 0.6 is 0 Å². The molecule has 4 bridgehead atoms. The van der Waals surface area contributed by atoms with E-state index in [-0.39, 0.29) is 36.4 Å². The first-order chi connectivity index (χ1) is 10.6. The van der Waals surface area contributed by atoms with Gasteiger partial charge in [0, 0.05) is 11.8 Å². The topological polar surface area (TPSA) is 83.5 Å². The van der Waals surface area contributed by atoms with Crippen LogP contribution in [0.1, 0.15) is 32.1 Å². The lowest BCUT2D eigenvalue weighted by molar-refractivity contribution is -0.226. The molecule has 4 aliphatic rings. The van der Waals surface area contributed by atoms with E-state index in [9.17, 15) is 31.5 Å². The molecule has 0 radical (unpaired) electrons. The third-order valence-electron chi connectivity index (χ3n) is 5.33. The molecule has 4 aliphatic carbocycles. The van der Waals surface area contributed by atoms with Crippen molar-refractivity contribution in [1.82, 2.24) is 0 Å². The number of ether oxygens (including phenoxy) is 1. The summed E-state index contributed by atoms with van der Waals surface area (Å²) in [6.45, 7) is 0. The van der Waals surface area contributed by atoms with E-state index in [4.69, 9.17) is 0 Å². The van der Waals surface area contributed by atoms with Gasteiger partial charge in [-0.2, -0.15) is 13.2 Å². The highest BCUT2D eigenvalue weighted by atomic mass is 32.2. The normalized spacial score (nSPS) is 38.4. The molecular formula is C14H16F3O5S-. The third-order valence-corrected chi connectivity index (χ3v) is 5.90. The molecule has 0 aromatic heterocycles. The van der Waals surface area contributed by atoms with Crippen molar-refractivity contribution in [3.63, 3.8) is 0 Å². The highest BCUT2D eigenvalue weighted by Crippen LogP contribution is 2.59. The summed E-state index contributed by atoms with van der Waals surface area (Å²) >= 11 is -2.98. The van der Waals surface area contributed by atoms with E-state index >= 15 is 0 Å². The van der Waals surface area contributed by atoms with Crippen LogP contribution in [-0.2, 0) is 25.4 Å². The van der Waals surface area contributed by atoms with Crippen LogP contribution in [0.2, 0.25) is 0 Å². The van der Waals surface area contributed by atoms with Crippen LogP contribution in [-0.4, -0.2) is 38.5 Å². The fourth-order valence-electron chi connectivity index (χ4n) is 4.57.